The van der Waals surface area contributed by atoms with Crippen LogP contribution in [-0.2, 0) is 9.59 Å². The monoisotopic (exact) mass is 242 g/mol. The van der Waals surface area contributed by atoms with Gasteiger partial charge in [0.25, 0.3) is 0 Å². The highest BCUT2D eigenvalue weighted by atomic mass is 19.4. The quantitative estimate of drug-likeness (QED) is 0.650. The van der Waals surface area contributed by atoms with Crippen molar-refractivity contribution in [2.45, 2.75) is 6.18 Å². The number of carbonyl (C=O) groups is 2. The van der Waals surface area contributed by atoms with Crippen molar-refractivity contribution in [2.24, 2.45) is 0 Å². The molecule has 1 amide bonds. The van der Waals surface area contributed by atoms with Crippen molar-refractivity contribution in [3.8, 4) is 0 Å². The molecular formula is C8H13F3N2O3. The number of rotatable bonds is 0. The lowest BCUT2D eigenvalue weighted by Gasteiger charge is -2.28. The zero-order chi connectivity index (χ0) is 12.9. The number of piperazine rings is 1. The summed E-state index contributed by atoms with van der Waals surface area (Å²) in [4.78, 5) is 23.6. The van der Waals surface area contributed by atoms with Crippen LogP contribution in [0.15, 0.2) is 0 Å². The van der Waals surface area contributed by atoms with Crippen LogP contribution in [0.1, 0.15) is 0 Å². The maximum Gasteiger partial charge on any atom is 0.490 e. The molecule has 5 nitrogen and oxygen atoms in total. The smallest absolute Gasteiger partial charge is 0.475 e. The van der Waals surface area contributed by atoms with Crippen molar-refractivity contribution in [1.82, 2.24) is 9.80 Å². The average Bonchev–Trinajstić information content (AvgIpc) is 2.11. The summed E-state index contributed by atoms with van der Waals surface area (Å²) >= 11 is 0. The summed E-state index contributed by atoms with van der Waals surface area (Å²) in [6, 6.07) is 0. The van der Waals surface area contributed by atoms with E-state index in [1.54, 1.807) is 4.90 Å². The molecule has 0 atom stereocenters. The molecule has 0 unspecified atom stereocenters. The van der Waals surface area contributed by atoms with Gasteiger partial charge in [-0.15, -0.1) is 0 Å². The van der Waals surface area contributed by atoms with Crippen molar-refractivity contribution in [2.75, 3.05) is 33.7 Å². The van der Waals surface area contributed by atoms with Crippen molar-refractivity contribution in [1.29, 1.82) is 0 Å². The number of aliphatic carboxylic acids is 1. The van der Waals surface area contributed by atoms with E-state index < -0.39 is 12.1 Å². The Morgan fingerprint density at radius 2 is 1.75 bits per heavy atom. The first-order chi connectivity index (χ1) is 7.14. The first-order valence-corrected chi connectivity index (χ1v) is 4.37. The summed E-state index contributed by atoms with van der Waals surface area (Å²) in [6.07, 6.45) is -5.08. The highest BCUT2D eigenvalue weighted by Crippen LogP contribution is 2.13. The number of hydrogen-bond acceptors (Lipinski definition) is 3. The van der Waals surface area contributed by atoms with Crippen molar-refractivity contribution < 1.29 is 27.9 Å². The van der Waals surface area contributed by atoms with Gasteiger partial charge in [-0.05, 0) is 7.05 Å². The Hall–Kier alpha value is -1.31. The third-order valence-corrected chi connectivity index (χ3v) is 1.89. The Morgan fingerprint density at radius 1 is 1.31 bits per heavy atom. The maximum atomic E-state index is 10.9. The minimum Gasteiger partial charge on any atom is -0.475 e. The Balaban J connectivity index is 0.000000293. The highest BCUT2D eigenvalue weighted by Gasteiger charge is 2.38. The van der Waals surface area contributed by atoms with Crippen LogP contribution in [0.3, 0.4) is 0 Å². The molecule has 1 rings (SSSR count). The molecule has 0 radical (unpaired) electrons. The summed E-state index contributed by atoms with van der Waals surface area (Å²) in [5.74, 6) is -2.53. The van der Waals surface area contributed by atoms with Gasteiger partial charge in [0.2, 0.25) is 5.91 Å². The molecule has 0 aromatic carbocycles. The number of likely N-dealkylation sites (N-methyl/N-ethyl adjacent to an activating group) is 2. The lowest BCUT2D eigenvalue weighted by Crippen LogP contribution is -2.46. The molecule has 16 heavy (non-hydrogen) atoms. The summed E-state index contributed by atoms with van der Waals surface area (Å²) in [7, 11) is 3.81. The molecular weight excluding hydrogens is 229 g/mol. The van der Waals surface area contributed by atoms with Gasteiger partial charge in [-0.1, -0.05) is 0 Å². The van der Waals surface area contributed by atoms with Crippen LogP contribution in [0.2, 0.25) is 0 Å². The fourth-order valence-electron chi connectivity index (χ4n) is 0.876. The van der Waals surface area contributed by atoms with Gasteiger partial charge in [-0.25, -0.2) is 4.79 Å². The molecule has 0 aromatic rings. The molecule has 0 aromatic heterocycles. The summed E-state index contributed by atoms with van der Waals surface area (Å²) in [5.41, 5.74) is 0. The number of alkyl halides is 3. The van der Waals surface area contributed by atoms with E-state index in [-0.39, 0.29) is 5.91 Å². The van der Waals surface area contributed by atoms with Crippen LogP contribution >= 0.6 is 0 Å². The number of hydrogen-bond donors (Lipinski definition) is 1. The van der Waals surface area contributed by atoms with E-state index in [4.69, 9.17) is 9.90 Å². The van der Waals surface area contributed by atoms with Crippen LogP contribution in [0.5, 0.6) is 0 Å². The fourth-order valence-corrected chi connectivity index (χ4v) is 0.876. The number of carboxylic acid groups (broad SMARTS) is 1. The van der Waals surface area contributed by atoms with E-state index in [0.717, 1.165) is 13.1 Å². The zero-order valence-corrected chi connectivity index (χ0v) is 8.91. The van der Waals surface area contributed by atoms with Gasteiger partial charge in [0.05, 0.1) is 6.54 Å². The molecule has 0 saturated carbocycles. The van der Waals surface area contributed by atoms with Gasteiger partial charge >= 0.3 is 12.1 Å². The molecule has 0 aliphatic carbocycles. The molecule has 1 N–H and O–H groups in total. The largest absolute Gasteiger partial charge is 0.490 e. The molecule has 1 aliphatic heterocycles. The molecule has 1 saturated heterocycles. The number of halogens is 3. The molecule has 1 fully saturated rings. The average molecular weight is 242 g/mol. The number of carbonyl (C=O) groups excluding carboxylic acids is 1. The summed E-state index contributed by atoms with van der Waals surface area (Å²) in [6.45, 7) is 2.45. The molecule has 8 heteroatoms. The van der Waals surface area contributed by atoms with E-state index in [9.17, 15) is 18.0 Å². The predicted molar refractivity (Wildman–Crippen MR) is 48.8 cm³/mol. The van der Waals surface area contributed by atoms with Gasteiger partial charge in [0.1, 0.15) is 0 Å². The third kappa shape index (κ3) is 5.54. The number of nitrogens with zero attached hydrogens (tertiary/aromatic N) is 2. The van der Waals surface area contributed by atoms with Gasteiger partial charge in [-0.2, -0.15) is 13.2 Å². The molecule has 0 spiro atoms. The van der Waals surface area contributed by atoms with E-state index >= 15 is 0 Å². The Labute approximate surface area is 90.4 Å². The highest BCUT2D eigenvalue weighted by molar-refractivity contribution is 5.78. The van der Waals surface area contributed by atoms with Crippen LogP contribution in [0.25, 0.3) is 0 Å². The number of carboxylic acids is 1. The standard InChI is InChI=1S/C6H12N2O.C2HF3O2/c1-7-3-4-8(2)6(9)5-7;3-2(4,5)1(6)7/h3-5H2,1-2H3;(H,6,7). The van der Waals surface area contributed by atoms with Crippen molar-refractivity contribution >= 4 is 11.9 Å². The van der Waals surface area contributed by atoms with Gasteiger partial charge in [0, 0.05) is 20.1 Å². The zero-order valence-electron chi connectivity index (χ0n) is 8.91. The second-order valence-corrected chi connectivity index (χ2v) is 3.36. The first-order valence-electron chi connectivity index (χ1n) is 4.37. The minimum absolute atomic E-state index is 0.226. The second kappa shape index (κ2) is 5.69. The minimum atomic E-state index is -5.08. The van der Waals surface area contributed by atoms with Gasteiger partial charge in [-0.3, -0.25) is 9.69 Å². The predicted octanol–water partition coefficient (Wildman–Crippen LogP) is 0.0235. The lowest BCUT2D eigenvalue weighted by molar-refractivity contribution is -0.192. The van der Waals surface area contributed by atoms with E-state index in [2.05, 4.69) is 0 Å². The Kier molecular flexibility index (Phi) is 5.22. The Bertz CT molecular complexity index is 268. The summed E-state index contributed by atoms with van der Waals surface area (Å²) in [5, 5.41) is 7.12. The van der Waals surface area contributed by atoms with Crippen LogP contribution in [0, 0.1) is 0 Å². The van der Waals surface area contributed by atoms with Crippen molar-refractivity contribution in [3.05, 3.63) is 0 Å². The molecule has 0 bridgehead atoms. The van der Waals surface area contributed by atoms with E-state index in [1.807, 2.05) is 19.0 Å². The normalized spacial score (nSPS) is 17.8. The topological polar surface area (TPSA) is 60.9 Å². The van der Waals surface area contributed by atoms with Crippen LogP contribution < -0.4 is 0 Å². The Morgan fingerprint density at radius 3 is 2.00 bits per heavy atom. The number of amides is 1. The molecule has 1 aliphatic rings. The fraction of sp³-hybridized carbons (Fsp3) is 0.750. The molecule has 1 heterocycles. The maximum absolute atomic E-state index is 10.9. The van der Waals surface area contributed by atoms with Crippen LogP contribution in [-0.4, -0.2) is 66.7 Å². The first kappa shape index (κ1) is 14.7. The van der Waals surface area contributed by atoms with E-state index in [1.165, 1.54) is 0 Å². The van der Waals surface area contributed by atoms with Gasteiger partial charge in [0.15, 0.2) is 0 Å². The lowest BCUT2D eigenvalue weighted by atomic mass is 10.3. The second-order valence-electron chi connectivity index (χ2n) is 3.36. The van der Waals surface area contributed by atoms with Gasteiger partial charge < -0.3 is 10.0 Å². The van der Waals surface area contributed by atoms with E-state index in [0.29, 0.717) is 6.54 Å². The van der Waals surface area contributed by atoms with Crippen LogP contribution in [0.4, 0.5) is 13.2 Å². The SMILES string of the molecule is CN1CCN(C)C(=O)C1.O=C(O)C(F)(F)F. The molecule has 94 valence electrons. The van der Waals surface area contributed by atoms with Crippen molar-refractivity contribution in [3.63, 3.8) is 0 Å². The third-order valence-electron chi connectivity index (χ3n) is 1.89. The summed E-state index contributed by atoms with van der Waals surface area (Å²) < 4.78 is 31.7.